The summed E-state index contributed by atoms with van der Waals surface area (Å²) in [6, 6.07) is 5.79. The van der Waals surface area contributed by atoms with Crippen molar-refractivity contribution in [3.63, 3.8) is 0 Å². The second kappa shape index (κ2) is 6.50. The molecule has 3 rings (SSSR count). The number of dihydropyridines is 1. The molecule has 0 aromatic heterocycles. The zero-order valence-corrected chi connectivity index (χ0v) is 13.9. The van der Waals surface area contributed by atoms with Crippen molar-refractivity contribution in [3.8, 4) is 11.5 Å². The molecule has 1 aromatic rings. The van der Waals surface area contributed by atoms with Gasteiger partial charge >= 0.3 is 0 Å². The van der Waals surface area contributed by atoms with E-state index in [0.717, 1.165) is 27.4 Å². The van der Waals surface area contributed by atoms with Gasteiger partial charge in [0.1, 0.15) is 22.3 Å². The van der Waals surface area contributed by atoms with E-state index in [1.165, 1.54) is 0 Å². The summed E-state index contributed by atoms with van der Waals surface area (Å²) in [5, 5.41) is 7.64. The molecule has 22 heavy (non-hydrogen) atoms. The van der Waals surface area contributed by atoms with E-state index in [4.69, 9.17) is 9.47 Å². The number of aliphatic imine (C=N–C) groups is 1. The third kappa shape index (κ3) is 2.86. The zero-order valence-electron chi connectivity index (χ0n) is 12.3. The minimum atomic E-state index is -0.0695. The standard InChI is InChI=1S/C15H17BrN4O2/c1-21-10-4-3-9(12(7-10)22-2)8-18-15-13-11(5-6-17-15)19-20-14(13)16/h3-7,13,15,18-19H,8H2,1-2H3. The smallest absolute Gasteiger partial charge is 0.127 e. The van der Waals surface area contributed by atoms with Gasteiger partial charge in [-0.1, -0.05) is 6.07 Å². The average Bonchev–Trinajstić information content (AvgIpc) is 2.94. The van der Waals surface area contributed by atoms with Crippen molar-refractivity contribution >= 4 is 26.8 Å². The van der Waals surface area contributed by atoms with Gasteiger partial charge in [0, 0.05) is 30.1 Å². The molecule has 2 heterocycles. The number of methoxy groups -OCH3 is 2. The number of hydrogen-bond donors (Lipinski definition) is 2. The Hall–Kier alpha value is -1.86. The van der Waals surface area contributed by atoms with Crippen molar-refractivity contribution < 1.29 is 9.47 Å². The van der Waals surface area contributed by atoms with Gasteiger partial charge in [0.15, 0.2) is 0 Å². The van der Waals surface area contributed by atoms with E-state index in [1.807, 2.05) is 24.3 Å². The van der Waals surface area contributed by atoms with Gasteiger partial charge < -0.3 is 9.47 Å². The number of rotatable bonds is 5. The molecule has 0 amide bonds. The second-order valence-corrected chi connectivity index (χ2v) is 5.76. The van der Waals surface area contributed by atoms with Crippen LogP contribution in [0.1, 0.15) is 5.56 Å². The highest BCUT2D eigenvalue weighted by Crippen LogP contribution is 2.28. The molecule has 0 aliphatic carbocycles. The van der Waals surface area contributed by atoms with E-state index in [9.17, 15) is 0 Å². The SMILES string of the molecule is COc1ccc(CNC2N=CC=C3NN=C(Br)C32)c(OC)c1. The fraction of sp³-hybridized carbons (Fsp3) is 0.333. The second-order valence-electron chi connectivity index (χ2n) is 4.95. The molecule has 0 spiro atoms. The van der Waals surface area contributed by atoms with Gasteiger partial charge in [-0.15, -0.1) is 0 Å². The van der Waals surface area contributed by atoms with Crippen LogP contribution in [-0.4, -0.2) is 31.2 Å². The lowest BCUT2D eigenvalue weighted by Gasteiger charge is -2.24. The predicted octanol–water partition coefficient (Wildman–Crippen LogP) is 2.02. The number of nitrogens with zero attached hydrogens (tertiary/aromatic N) is 2. The van der Waals surface area contributed by atoms with Crippen molar-refractivity contribution in [2.75, 3.05) is 14.2 Å². The first kappa shape index (κ1) is 15.1. The maximum atomic E-state index is 5.42. The summed E-state index contributed by atoms with van der Waals surface area (Å²) >= 11 is 3.49. The Labute approximate surface area is 137 Å². The number of hydrogen-bond acceptors (Lipinski definition) is 6. The van der Waals surface area contributed by atoms with Crippen LogP contribution in [0.15, 0.2) is 40.1 Å². The Bertz CT molecular complexity index is 657. The van der Waals surface area contributed by atoms with Gasteiger partial charge in [0.25, 0.3) is 0 Å². The topological polar surface area (TPSA) is 67.2 Å². The summed E-state index contributed by atoms with van der Waals surface area (Å²) in [5.74, 6) is 1.66. The molecule has 2 aliphatic rings. The van der Waals surface area contributed by atoms with Crippen molar-refractivity contribution in [2.45, 2.75) is 12.7 Å². The van der Waals surface area contributed by atoms with E-state index in [1.54, 1.807) is 20.4 Å². The van der Waals surface area contributed by atoms with Gasteiger partial charge in [0.2, 0.25) is 0 Å². The molecule has 0 saturated carbocycles. The molecule has 116 valence electrons. The van der Waals surface area contributed by atoms with Crippen LogP contribution in [-0.2, 0) is 6.54 Å². The third-order valence-corrected chi connectivity index (χ3v) is 4.37. The summed E-state index contributed by atoms with van der Waals surface area (Å²) in [6.07, 6.45) is 3.66. The highest BCUT2D eigenvalue weighted by atomic mass is 79.9. The van der Waals surface area contributed by atoms with E-state index < -0.39 is 0 Å². The highest BCUT2D eigenvalue weighted by Gasteiger charge is 2.33. The molecular formula is C15H17BrN4O2. The molecule has 2 N–H and O–H groups in total. The Morgan fingerprint density at radius 2 is 2.18 bits per heavy atom. The van der Waals surface area contributed by atoms with Crippen LogP contribution in [0, 0.1) is 5.92 Å². The lowest BCUT2D eigenvalue weighted by Crippen LogP contribution is -2.39. The Kier molecular flexibility index (Phi) is 4.44. The number of ether oxygens (including phenoxy) is 2. The fourth-order valence-corrected chi connectivity index (χ4v) is 3.10. The largest absolute Gasteiger partial charge is 0.497 e. The molecule has 0 radical (unpaired) electrons. The lowest BCUT2D eigenvalue weighted by atomic mass is 10.0. The van der Waals surface area contributed by atoms with Crippen LogP contribution in [0.2, 0.25) is 0 Å². The minimum absolute atomic E-state index is 0.0695. The first-order valence-electron chi connectivity index (χ1n) is 6.89. The Morgan fingerprint density at radius 1 is 1.32 bits per heavy atom. The molecule has 0 fully saturated rings. The highest BCUT2D eigenvalue weighted by molar-refractivity contribution is 9.18. The van der Waals surface area contributed by atoms with Crippen LogP contribution >= 0.6 is 15.9 Å². The Balaban J connectivity index is 1.71. The van der Waals surface area contributed by atoms with Crippen molar-refractivity contribution in [1.82, 2.24) is 10.7 Å². The summed E-state index contributed by atoms with van der Waals surface area (Å²) in [7, 11) is 3.29. The molecule has 2 unspecified atom stereocenters. The van der Waals surface area contributed by atoms with E-state index in [2.05, 4.69) is 36.8 Å². The number of nitrogens with one attached hydrogen (secondary N) is 2. The van der Waals surface area contributed by atoms with Gasteiger partial charge in [-0.2, -0.15) is 5.10 Å². The lowest BCUT2D eigenvalue weighted by molar-refractivity contribution is 0.387. The van der Waals surface area contributed by atoms with Gasteiger partial charge in [-0.3, -0.25) is 15.7 Å². The zero-order chi connectivity index (χ0) is 15.5. The summed E-state index contributed by atoms with van der Waals surface area (Å²) < 4.78 is 11.5. The molecule has 7 heteroatoms. The third-order valence-electron chi connectivity index (χ3n) is 3.70. The van der Waals surface area contributed by atoms with Gasteiger partial charge in [-0.25, -0.2) is 0 Å². The number of allylic oxidation sites excluding steroid dienone is 1. The van der Waals surface area contributed by atoms with Crippen molar-refractivity contribution in [3.05, 3.63) is 35.5 Å². The van der Waals surface area contributed by atoms with Crippen molar-refractivity contribution in [2.24, 2.45) is 16.0 Å². The summed E-state index contributed by atoms with van der Waals surface area (Å²) in [6.45, 7) is 0.638. The van der Waals surface area contributed by atoms with E-state index in [-0.39, 0.29) is 12.1 Å². The van der Waals surface area contributed by atoms with Crippen LogP contribution in [0.5, 0.6) is 11.5 Å². The van der Waals surface area contributed by atoms with Crippen molar-refractivity contribution in [1.29, 1.82) is 0 Å². The Morgan fingerprint density at radius 3 is 2.95 bits per heavy atom. The van der Waals surface area contributed by atoms with Crippen LogP contribution in [0.4, 0.5) is 0 Å². The fourth-order valence-electron chi connectivity index (χ4n) is 2.51. The summed E-state index contributed by atoms with van der Waals surface area (Å²) in [5.41, 5.74) is 5.10. The van der Waals surface area contributed by atoms with Crippen LogP contribution in [0.25, 0.3) is 0 Å². The number of hydrazone groups is 1. The number of benzene rings is 1. The molecule has 6 nitrogen and oxygen atoms in total. The first-order chi connectivity index (χ1) is 10.7. The average molecular weight is 365 g/mol. The molecule has 1 aromatic carbocycles. The molecule has 2 aliphatic heterocycles. The number of fused-ring (bicyclic) bond motifs is 1. The van der Waals surface area contributed by atoms with Gasteiger partial charge in [-0.05, 0) is 28.1 Å². The molecule has 2 atom stereocenters. The number of halogens is 1. The van der Waals surface area contributed by atoms with Crippen LogP contribution < -0.4 is 20.2 Å². The van der Waals surface area contributed by atoms with Crippen LogP contribution in [0.3, 0.4) is 0 Å². The molecule has 0 bridgehead atoms. The maximum absolute atomic E-state index is 5.42. The predicted molar refractivity (Wildman–Crippen MR) is 89.7 cm³/mol. The summed E-state index contributed by atoms with van der Waals surface area (Å²) in [4.78, 5) is 4.50. The molecule has 0 saturated heterocycles. The van der Waals surface area contributed by atoms with E-state index in [0.29, 0.717) is 6.54 Å². The van der Waals surface area contributed by atoms with E-state index >= 15 is 0 Å². The maximum Gasteiger partial charge on any atom is 0.127 e. The quantitative estimate of drug-likeness (QED) is 0.838. The normalized spacial score (nSPS) is 22.5. The first-order valence-corrected chi connectivity index (χ1v) is 7.69. The molecular weight excluding hydrogens is 348 g/mol. The monoisotopic (exact) mass is 364 g/mol. The van der Waals surface area contributed by atoms with Gasteiger partial charge in [0.05, 0.1) is 20.1 Å². The minimum Gasteiger partial charge on any atom is -0.497 e.